The number of alkyl halides is 1. The van der Waals surface area contributed by atoms with E-state index in [4.69, 9.17) is 9.47 Å². The van der Waals surface area contributed by atoms with Gasteiger partial charge in [-0.1, -0.05) is 0 Å². The third-order valence-electron chi connectivity index (χ3n) is 4.03. The molecule has 0 aromatic rings. The van der Waals surface area contributed by atoms with E-state index >= 15 is 0 Å². The molecule has 1 aliphatic carbocycles. The summed E-state index contributed by atoms with van der Waals surface area (Å²) in [6.45, 7) is 7.53. The molecule has 3 nitrogen and oxygen atoms in total. The number of likely N-dealkylation sites (tertiary alicyclic amines) is 1. The lowest BCUT2D eigenvalue weighted by Crippen LogP contribution is -2.36. The Bertz CT molecular complexity index is 281. The maximum atomic E-state index is 14.3. The summed E-state index contributed by atoms with van der Waals surface area (Å²) >= 11 is 0. The quantitative estimate of drug-likeness (QED) is 0.700. The molecule has 2 fully saturated rings. The molecule has 0 aromatic carbocycles. The molecule has 0 radical (unpaired) electrons. The predicted molar refractivity (Wildman–Crippen MR) is 69.5 cm³/mol. The summed E-state index contributed by atoms with van der Waals surface area (Å²) < 4.78 is 25.0. The van der Waals surface area contributed by atoms with Crippen LogP contribution in [-0.2, 0) is 9.47 Å². The second-order valence-corrected chi connectivity index (χ2v) is 6.40. The lowest BCUT2D eigenvalue weighted by atomic mass is 10.1. The Kier molecular flexibility index (Phi) is 4.29. The van der Waals surface area contributed by atoms with Gasteiger partial charge in [0.15, 0.2) is 0 Å². The lowest BCUT2D eigenvalue weighted by molar-refractivity contribution is 0.0244. The first kappa shape index (κ1) is 14.2. The number of rotatable bonds is 7. The summed E-state index contributed by atoms with van der Waals surface area (Å²) in [5, 5.41) is 0. The number of ether oxygens (including phenoxy) is 2. The van der Waals surface area contributed by atoms with Crippen molar-refractivity contribution in [2.24, 2.45) is 5.41 Å². The minimum atomic E-state index is -1.14. The summed E-state index contributed by atoms with van der Waals surface area (Å²) in [4.78, 5) is 2.25. The molecule has 2 rings (SSSR count). The maximum Gasteiger partial charge on any atom is 0.147 e. The van der Waals surface area contributed by atoms with Crippen LogP contribution in [-0.4, -0.2) is 56.6 Å². The van der Waals surface area contributed by atoms with Gasteiger partial charge >= 0.3 is 0 Å². The Balaban J connectivity index is 1.77. The lowest BCUT2D eigenvalue weighted by Gasteiger charge is -2.25. The van der Waals surface area contributed by atoms with Crippen molar-refractivity contribution in [1.82, 2.24) is 4.90 Å². The van der Waals surface area contributed by atoms with Crippen molar-refractivity contribution in [3.8, 4) is 0 Å². The minimum absolute atomic E-state index is 0.221. The van der Waals surface area contributed by atoms with Gasteiger partial charge in [0.2, 0.25) is 0 Å². The highest BCUT2D eigenvalue weighted by atomic mass is 19.1. The first-order valence-electron chi connectivity index (χ1n) is 6.99. The molecule has 2 aliphatic rings. The van der Waals surface area contributed by atoms with Crippen LogP contribution in [0.1, 0.15) is 33.1 Å². The summed E-state index contributed by atoms with van der Waals surface area (Å²) in [6.07, 6.45) is 3.33. The van der Waals surface area contributed by atoms with Crippen LogP contribution in [0.4, 0.5) is 4.39 Å². The topological polar surface area (TPSA) is 21.7 Å². The Morgan fingerprint density at radius 2 is 1.94 bits per heavy atom. The van der Waals surface area contributed by atoms with Crippen LogP contribution < -0.4 is 0 Å². The first-order chi connectivity index (χ1) is 8.47. The van der Waals surface area contributed by atoms with E-state index in [9.17, 15) is 4.39 Å². The van der Waals surface area contributed by atoms with E-state index < -0.39 is 5.67 Å². The molecule has 1 unspecified atom stereocenters. The molecular weight excluding hydrogens is 233 g/mol. The fourth-order valence-corrected chi connectivity index (χ4v) is 2.77. The van der Waals surface area contributed by atoms with Crippen molar-refractivity contribution in [1.29, 1.82) is 0 Å². The van der Waals surface area contributed by atoms with Crippen molar-refractivity contribution in [2.45, 2.75) is 44.9 Å². The summed E-state index contributed by atoms with van der Waals surface area (Å²) in [7, 11) is 1.57. The van der Waals surface area contributed by atoms with Gasteiger partial charge < -0.3 is 9.47 Å². The van der Waals surface area contributed by atoms with Crippen LogP contribution in [0.5, 0.6) is 0 Å². The van der Waals surface area contributed by atoms with Gasteiger partial charge in [-0.2, -0.15) is 0 Å². The molecule has 1 atom stereocenters. The Morgan fingerprint density at radius 3 is 2.50 bits per heavy atom. The summed E-state index contributed by atoms with van der Waals surface area (Å²) in [5.41, 5.74) is -0.827. The van der Waals surface area contributed by atoms with Crippen LogP contribution in [0.2, 0.25) is 0 Å². The van der Waals surface area contributed by atoms with Gasteiger partial charge in [0.05, 0.1) is 19.3 Å². The molecule has 0 N–H and O–H groups in total. The standard InChI is InChI=1S/C14H26FNO2/c1-12(2)18-10-13(4-5-13)8-16-7-6-14(15,9-16)11-17-3/h12H,4-11H2,1-3H3. The molecule has 1 aliphatic heterocycles. The molecule has 1 saturated carbocycles. The molecule has 0 aromatic heterocycles. The van der Waals surface area contributed by atoms with Crippen molar-refractivity contribution in [2.75, 3.05) is 40.0 Å². The Morgan fingerprint density at radius 1 is 1.22 bits per heavy atom. The number of nitrogens with zero attached hydrogens (tertiary/aromatic N) is 1. The molecular formula is C14H26FNO2. The van der Waals surface area contributed by atoms with Crippen LogP contribution in [0, 0.1) is 5.41 Å². The van der Waals surface area contributed by atoms with Gasteiger partial charge in [0, 0.05) is 32.2 Å². The van der Waals surface area contributed by atoms with E-state index in [1.165, 1.54) is 12.8 Å². The second kappa shape index (κ2) is 5.43. The van der Waals surface area contributed by atoms with Crippen molar-refractivity contribution >= 4 is 0 Å². The smallest absolute Gasteiger partial charge is 0.147 e. The average molecular weight is 259 g/mol. The third-order valence-corrected chi connectivity index (χ3v) is 4.03. The van der Waals surface area contributed by atoms with Crippen LogP contribution in [0.3, 0.4) is 0 Å². The van der Waals surface area contributed by atoms with Crippen LogP contribution in [0.15, 0.2) is 0 Å². The van der Waals surface area contributed by atoms with Crippen LogP contribution >= 0.6 is 0 Å². The largest absolute Gasteiger partial charge is 0.381 e. The highest BCUT2D eigenvalue weighted by molar-refractivity contribution is 4.99. The molecule has 0 amide bonds. The highest BCUT2D eigenvalue weighted by Gasteiger charge is 2.47. The normalized spacial score (nSPS) is 31.2. The van der Waals surface area contributed by atoms with E-state index in [1.807, 2.05) is 0 Å². The monoisotopic (exact) mass is 259 g/mol. The molecule has 18 heavy (non-hydrogen) atoms. The number of hydrogen-bond donors (Lipinski definition) is 0. The molecule has 1 saturated heterocycles. The zero-order chi connectivity index (χ0) is 13.2. The van der Waals surface area contributed by atoms with Gasteiger partial charge in [-0.15, -0.1) is 0 Å². The second-order valence-electron chi connectivity index (χ2n) is 6.40. The molecule has 1 heterocycles. The average Bonchev–Trinajstić information content (AvgIpc) is 2.95. The van der Waals surface area contributed by atoms with Gasteiger partial charge in [-0.05, 0) is 33.1 Å². The van der Waals surface area contributed by atoms with Crippen molar-refractivity contribution in [3.63, 3.8) is 0 Å². The van der Waals surface area contributed by atoms with E-state index in [2.05, 4.69) is 18.7 Å². The first-order valence-corrected chi connectivity index (χ1v) is 6.99. The molecule has 0 spiro atoms. The third kappa shape index (κ3) is 3.65. The zero-order valence-electron chi connectivity index (χ0n) is 11.9. The van der Waals surface area contributed by atoms with E-state index in [-0.39, 0.29) is 12.7 Å². The SMILES string of the molecule is COCC1(F)CCN(CC2(COC(C)C)CC2)C1. The Labute approximate surface area is 110 Å². The van der Waals surface area contributed by atoms with E-state index in [1.54, 1.807) is 7.11 Å². The van der Waals surface area contributed by atoms with Crippen LogP contribution in [0.25, 0.3) is 0 Å². The highest BCUT2D eigenvalue weighted by Crippen LogP contribution is 2.47. The van der Waals surface area contributed by atoms with Gasteiger partial charge in [-0.25, -0.2) is 4.39 Å². The number of hydrogen-bond acceptors (Lipinski definition) is 3. The summed E-state index contributed by atoms with van der Waals surface area (Å²) in [5.74, 6) is 0. The minimum Gasteiger partial charge on any atom is -0.381 e. The van der Waals surface area contributed by atoms with Gasteiger partial charge in [0.25, 0.3) is 0 Å². The molecule has 4 heteroatoms. The van der Waals surface area contributed by atoms with E-state index in [0.29, 0.717) is 18.4 Å². The van der Waals surface area contributed by atoms with Crippen molar-refractivity contribution in [3.05, 3.63) is 0 Å². The maximum absolute atomic E-state index is 14.3. The fourth-order valence-electron chi connectivity index (χ4n) is 2.77. The van der Waals surface area contributed by atoms with Crippen molar-refractivity contribution < 1.29 is 13.9 Å². The van der Waals surface area contributed by atoms with Gasteiger partial charge in [-0.3, -0.25) is 4.90 Å². The number of methoxy groups -OCH3 is 1. The molecule has 106 valence electrons. The number of halogens is 1. The summed E-state index contributed by atoms with van der Waals surface area (Å²) in [6, 6.07) is 0. The predicted octanol–water partition coefficient (Wildman–Crippen LogP) is 2.25. The Hall–Kier alpha value is -0.190. The fraction of sp³-hybridized carbons (Fsp3) is 1.00. The zero-order valence-corrected chi connectivity index (χ0v) is 11.9. The molecule has 0 bridgehead atoms. The van der Waals surface area contributed by atoms with E-state index in [0.717, 1.165) is 19.7 Å². The van der Waals surface area contributed by atoms with Gasteiger partial charge in [0.1, 0.15) is 5.67 Å².